The first-order chi connectivity index (χ1) is 8.68. The smallest absolute Gasteiger partial charge is 0.320 e. The maximum Gasteiger partial charge on any atom is 0.320 e. The van der Waals surface area contributed by atoms with Crippen LogP contribution in [0, 0.1) is 0 Å². The molecule has 0 fully saturated rings. The highest BCUT2D eigenvalue weighted by Gasteiger charge is 2.14. The first-order valence-electron chi connectivity index (χ1n) is 5.59. The lowest BCUT2D eigenvalue weighted by Gasteiger charge is -2.07. The van der Waals surface area contributed by atoms with E-state index in [4.69, 9.17) is 5.11 Å². The second-order valence-electron chi connectivity index (χ2n) is 3.93. The topological polar surface area (TPSA) is 90.9 Å². The van der Waals surface area contributed by atoms with Gasteiger partial charge in [-0.15, -0.1) is 0 Å². The van der Waals surface area contributed by atoms with Gasteiger partial charge in [0, 0.05) is 12.1 Å². The number of aromatic nitrogens is 3. The largest absolute Gasteiger partial charge is 0.480 e. The fraction of sp³-hybridized carbons (Fsp3) is 0.250. The lowest BCUT2D eigenvalue weighted by molar-refractivity contribution is -0.139. The van der Waals surface area contributed by atoms with Crippen LogP contribution in [0.3, 0.4) is 0 Å². The molecule has 0 saturated heterocycles. The summed E-state index contributed by atoms with van der Waals surface area (Å²) in [6.45, 7) is 1.94. The van der Waals surface area contributed by atoms with Crippen LogP contribution in [0.4, 0.5) is 0 Å². The summed E-state index contributed by atoms with van der Waals surface area (Å²) in [5.41, 5.74) is 2.39. The van der Waals surface area contributed by atoms with Crippen molar-refractivity contribution in [2.75, 3.05) is 0 Å². The van der Waals surface area contributed by atoms with Gasteiger partial charge < -0.3 is 5.11 Å². The van der Waals surface area contributed by atoms with Crippen molar-refractivity contribution in [3.05, 3.63) is 36.0 Å². The molecule has 18 heavy (non-hydrogen) atoms. The van der Waals surface area contributed by atoms with E-state index in [2.05, 4.69) is 20.7 Å². The quantitative estimate of drug-likeness (QED) is 0.733. The SMILES string of the molecule is CC(NCc1n[nH]nc1-c1ccccc1)C(=O)O. The summed E-state index contributed by atoms with van der Waals surface area (Å²) in [4.78, 5) is 10.7. The van der Waals surface area contributed by atoms with Crippen molar-refractivity contribution in [2.45, 2.75) is 19.5 Å². The van der Waals surface area contributed by atoms with E-state index in [0.29, 0.717) is 12.2 Å². The van der Waals surface area contributed by atoms with E-state index in [9.17, 15) is 4.79 Å². The van der Waals surface area contributed by atoms with Gasteiger partial charge in [-0.05, 0) is 6.92 Å². The number of carboxylic acid groups (broad SMARTS) is 1. The Kier molecular flexibility index (Phi) is 3.69. The number of rotatable bonds is 5. The Balaban J connectivity index is 2.12. The highest BCUT2D eigenvalue weighted by atomic mass is 16.4. The second-order valence-corrected chi connectivity index (χ2v) is 3.93. The third-order valence-corrected chi connectivity index (χ3v) is 2.61. The van der Waals surface area contributed by atoms with Gasteiger partial charge in [0.15, 0.2) is 0 Å². The standard InChI is InChI=1S/C12H14N4O2/c1-8(12(17)18)13-7-10-11(15-16-14-10)9-5-3-2-4-6-9/h2-6,8,13H,7H2,1H3,(H,17,18)(H,14,15,16). The Morgan fingerprint density at radius 2 is 2.11 bits per heavy atom. The van der Waals surface area contributed by atoms with Gasteiger partial charge in [-0.2, -0.15) is 15.4 Å². The number of carbonyl (C=O) groups is 1. The van der Waals surface area contributed by atoms with Crippen LogP contribution in [0.15, 0.2) is 30.3 Å². The molecular formula is C12H14N4O2. The summed E-state index contributed by atoms with van der Waals surface area (Å²) in [5.74, 6) is -0.889. The van der Waals surface area contributed by atoms with E-state index in [0.717, 1.165) is 11.3 Å². The van der Waals surface area contributed by atoms with Crippen LogP contribution in [0.1, 0.15) is 12.6 Å². The molecule has 1 aromatic heterocycles. The first-order valence-corrected chi connectivity index (χ1v) is 5.59. The minimum absolute atomic E-state index is 0.355. The summed E-state index contributed by atoms with van der Waals surface area (Å²) in [5, 5.41) is 22.3. The highest BCUT2D eigenvalue weighted by molar-refractivity contribution is 5.72. The summed E-state index contributed by atoms with van der Waals surface area (Å²) in [6.07, 6.45) is 0. The van der Waals surface area contributed by atoms with Crippen LogP contribution < -0.4 is 5.32 Å². The normalized spacial score (nSPS) is 12.3. The number of hydrogen-bond donors (Lipinski definition) is 3. The Bertz CT molecular complexity index is 524. The molecule has 3 N–H and O–H groups in total. The Morgan fingerprint density at radius 3 is 2.78 bits per heavy atom. The number of benzene rings is 1. The molecule has 1 atom stereocenters. The molecule has 0 aliphatic rings. The monoisotopic (exact) mass is 246 g/mol. The minimum Gasteiger partial charge on any atom is -0.480 e. The average molecular weight is 246 g/mol. The van der Waals surface area contributed by atoms with E-state index in [1.165, 1.54) is 0 Å². The van der Waals surface area contributed by atoms with Gasteiger partial charge in [0.25, 0.3) is 0 Å². The zero-order valence-corrected chi connectivity index (χ0v) is 9.92. The van der Waals surface area contributed by atoms with Crippen molar-refractivity contribution in [1.82, 2.24) is 20.7 Å². The molecule has 0 radical (unpaired) electrons. The van der Waals surface area contributed by atoms with Gasteiger partial charge in [-0.3, -0.25) is 10.1 Å². The van der Waals surface area contributed by atoms with Gasteiger partial charge in [-0.1, -0.05) is 30.3 Å². The van der Waals surface area contributed by atoms with E-state index in [1.807, 2.05) is 30.3 Å². The predicted molar refractivity (Wildman–Crippen MR) is 65.8 cm³/mol. The zero-order valence-electron chi connectivity index (χ0n) is 9.92. The summed E-state index contributed by atoms with van der Waals surface area (Å²) in [6, 6.07) is 9.01. The number of H-pyrrole nitrogens is 1. The highest BCUT2D eigenvalue weighted by Crippen LogP contribution is 2.18. The molecule has 6 heteroatoms. The molecule has 1 aromatic carbocycles. The molecule has 94 valence electrons. The van der Waals surface area contributed by atoms with Crippen molar-refractivity contribution >= 4 is 5.97 Å². The van der Waals surface area contributed by atoms with Gasteiger partial charge in [0.1, 0.15) is 17.4 Å². The van der Waals surface area contributed by atoms with E-state index in [-0.39, 0.29) is 0 Å². The molecular weight excluding hydrogens is 232 g/mol. The van der Waals surface area contributed by atoms with E-state index >= 15 is 0 Å². The summed E-state index contributed by atoms with van der Waals surface area (Å²) < 4.78 is 0. The number of aliphatic carboxylic acids is 1. The molecule has 0 aliphatic carbocycles. The van der Waals surface area contributed by atoms with Crippen LogP contribution in [-0.2, 0) is 11.3 Å². The van der Waals surface area contributed by atoms with Gasteiger partial charge in [0.2, 0.25) is 0 Å². The van der Waals surface area contributed by atoms with Crippen molar-refractivity contribution in [3.63, 3.8) is 0 Å². The lowest BCUT2D eigenvalue weighted by Crippen LogP contribution is -2.33. The molecule has 0 amide bonds. The third kappa shape index (κ3) is 2.72. The van der Waals surface area contributed by atoms with Crippen LogP contribution in [0.5, 0.6) is 0 Å². The molecule has 0 saturated carbocycles. The molecule has 1 heterocycles. The summed E-state index contributed by atoms with van der Waals surface area (Å²) in [7, 11) is 0. The molecule has 2 rings (SSSR count). The minimum atomic E-state index is -0.889. The second kappa shape index (κ2) is 5.42. The molecule has 0 bridgehead atoms. The Labute approximate surface area is 104 Å². The maximum atomic E-state index is 10.7. The molecule has 0 aliphatic heterocycles. The third-order valence-electron chi connectivity index (χ3n) is 2.61. The molecule has 2 aromatic rings. The fourth-order valence-corrected chi connectivity index (χ4v) is 1.54. The van der Waals surface area contributed by atoms with Crippen molar-refractivity contribution < 1.29 is 9.90 Å². The molecule has 0 spiro atoms. The van der Waals surface area contributed by atoms with Crippen LogP contribution in [-0.4, -0.2) is 32.5 Å². The Hall–Kier alpha value is -2.21. The molecule has 6 nitrogen and oxygen atoms in total. The van der Waals surface area contributed by atoms with Crippen LogP contribution in [0.2, 0.25) is 0 Å². The number of aromatic amines is 1. The lowest BCUT2D eigenvalue weighted by atomic mass is 10.1. The number of nitrogens with one attached hydrogen (secondary N) is 2. The van der Waals surface area contributed by atoms with E-state index < -0.39 is 12.0 Å². The number of nitrogens with zero attached hydrogens (tertiary/aromatic N) is 2. The van der Waals surface area contributed by atoms with Gasteiger partial charge in [-0.25, -0.2) is 0 Å². The number of hydrogen-bond acceptors (Lipinski definition) is 4. The van der Waals surface area contributed by atoms with Gasteiger partial charge in [0.05, 0.1) is 0 Å². The van der Waals surface area contributed by atoms with Crippen LogP contribution in [0.25, 0.3) is 11.3 Å². The summed E-state index contributed by atoms with van der Waals surface area (Å²) >= 11 is 0. The van der Waals surface area contributed by atoms with Crippen molar-refractivity contribution in [2.24, 2.45) is 0 Å². The predicted octanol–water partition coefficient (Wildman–Crippen LogP) is 1.03. The maximum absolute atomic E-state index is 10.7. The van der Waals surface area contributed by atoms with Crippen molar-refractivity contribution in [1.29, 1.82) is 0 Å². The van der Waals surface area contributed by atoms with Crippen molar-refractivity contribution in [3.8, 4) is 11.3 Å². The van der Waals surface area contributed by atoms with Gasteiger partial charge >= 0.3 is 5.97 Å². The Morgan fingerprint density at radius 1 is 1.39 bits per heavy atom. The fourth-order valence-electron chi connectivity index (χ4n) is 1.54. The van der Waals surface area contributed by atoms with E-state index in [1.54, 1.807) is 6.92 Å². The number of carboxylic acids is 1. The zero-order chi connectivity index (χ0) is 13.0. The molecule has 1 unspecified atom stereocenters. The first kappa shape index (κ1) is 12.3. The average Bonchev–Trinajstić information content (AvgIpc) is 2.85. The van der Waals surface area contributed by atoms with Crippen LogP contribution >= 0.6 is 0 Å².